The molecule has 0 aromatic heterocycles. The lowest BCUT2D eigenvalue weighted by Gasteiger charge is -2.30. The van der Waals surface area contributed by atoms with Gasteiger partial charge in [-0.05, 0) is 48.9 Å². The number of hydrazone groups is 1. The number of phenols is 1. The lowest BCUT2D eigenvalue weighted by molar-refractivity contribution is -0.122. The molecule has 4 N–H and O–H groups in total. The highest BCUT2D eigenvalue weighted by molar-refractivity contribution is 6.30. The van der Waals surface area contributed by atoms with E-state index in [1.165, 1.54) is 6.07 Å². The second-order valence-electron chi connectivity index (χ2n) is 7.33. The van der Waals surface area contributed by atoms with E-state index < -0.39 is 11.4 Å². The number of carbonyl (C=O) groups excluding carboxylic acids is 2. The lowest BCUT2D eigenvalue weighted by Crippen LogP contribution is -2.39. The maximum atomic E-state index is 12.4. The van der Waals surface area contributed by atoms with Gasteiger partial charge in [-0.1, -0.05) is 25.4 Å². The summed E-state index contributed by atoms with van der Waals surface area (Å²) in [5.74, 6) is -0.164. The summed E-state index contributed by atoms with van der Waals surface area (Å²) in [5, 5.41) is 20.5. The Labute approximate surface area is 167 Å². The zero-order valence-corrected chi connectivity index (χ0v) is 16.5. The molecule has 1 aliphatic heterocycles. The molecule has 28 heavy (non-hydrogen) atoms. The van der Waals surface area contributed by atoms with Gasteiger partial charge in [0.05, 0.1) is 5.71 Å². The number of nitrogens with zero attached hydrogens (tertiary/aromatic N) is 1. The van der Waals surface area contributed by atoms with Crippen LogP contribution in [0.1, 0.15) is 31.4 Å². The van der Waals surface area contributed by atoms with Crippen LogP contribution in [0.5, 0.6) is 5.75 Å². The highest BCUT2D eigenvalue weighted by Gasteiger charge is 2.34. The molecule has 0 radical (unpaired) electrons. The Morgan fingerprint density at radius 3 is 2.64 bits per heavy atom. The van der Waals surface area contributed by atoms with E-state index in [4.69, 9.17) is 11.6 Å². The van der Waals surface area contributed by atoms with Crippen molar-refractivity contribution in [3.63, 3.8) is 0 Å². The molecule has 3 amide bonds. The fourth-order valence-corrected chi connectivity index (χ4v) is 3.30. The zero-order valence-electron chi connectivity index (χ0n) is 15.8. The van der Waals surface area contributed by atoms with Gasteiger partial charge >= 0.3 is 6.03 Å². The number of halogens is 1. The molecule has 0 aliphatic carbocycles. The number of urea groups is 1. The Morgan fingerprint density at radius 1 is 1.21 bits per heavy atom. The number of amides is 3. The van der Waals surface area contributed by atoms with E-state index in [-0.39, 0.29) is 18.1 Å². The largest absolute Gasteiger partial charge is 0.507 e. The second kappa shape index (κ2) is 7.52. The standard InChI is InChI=1S/C20H21ClN4O3/c1-11-8-12(21)4-6-15(11)23-19(28)22-13-5-7-16(26)14(9-13)18-20(2,3)10-17(27)24-25-18/h4-9,26H,10H2,1-3H3,(H,24,27)(H2,22,23,28). The number of aromatic hydroxyl groups is 1. The topological polar surface area (TPSA) is 103 Å². The molecule has 0 saturated carbocycles. The van der Waals surface area contributed by atoms with Gasteiger partial charge in [-0.2, -0.15) is 5.10 Å². The minimum Gasteiger partial charge on any atom is -0.507 e. The van der Waals surface area contributed by atoms with Crippen molar-refractivity contribution < 1.29 is 14.7 Å². The van der Waals surface area contributed by atoms with Crippen molar-refractivity contribution in [3.05, 3.63) is 52.5 Å². The number of rotatable bonds is 3. The minimum absolute atomic E-state index is 0.0162. The van der Waals surface area contributed by atoms with Gasteiger partial charge in [-0.25, -0.2) is 10.2 Å². The summed E-state index contributed by atoms with van der Waals surface area (Å²) in [7, 11) is 0. The zero-order chi connectivity index (χ0) is 20.5. The van der Waals surface area contributed by atoms with Gasteiger partial charge in [0.2, 0.25) is 5.91 Å². The number of carbonyl (C=O) groups is 2. The first-order valence-corrected chi connectivity index (χ1v) is 9.08. The fraction of sp³-hybridized carbons (Fsp3) is 0.250. The predicted octanol–water partition coefficient (Wildman–Crippen LogP) is 4.25. The van der Waals surface area contributed by atoms with Crippen LogP contribution in [0.4, 0.5) is 16.2 Å². The third kappa shape index (κ3) is 4.26. The van der Waals surface area contributed by atoms with Crippen LogP contribution in [0.25, 0.3) is 0 Å². The molecular formula is C20H21ClN4O3. The minimum atomic E-state index is -0.554. The van der Waals surface area contributed by atoms with Crippen molar-refractivity contribution in [1.82, 2.24) is 5.43 Å². The summed E-state index contributed by atoms with van der Waals surface area (Å²) in [5.41, 5.74) is 4.84. The van der Waals surface area contributed by atoms with E-state index >= 15 is 0 Å². The van der Waals surface area contributed by atoms with Gasteiger partial charge in [0, 0.05) is 33.8 Å². The van der Waals surface area contributed by atoms with Gasteiger partial charge in [0.1, 0.15) is 5.75 Å². The van der Waals surface area contributed by atoms with Gasteiger partial charge in [0.25, 0.3) is 0 Å². The normalized spacial score (nSPS) is 15.4. The molecule has 0 bridgehead atoms. The van der Waals surface area contributed by atoms with Crippen molar-refractivity contribution in [1.29, 1.82) is 0 Å². The molecule has 146 valence electrons. The molecule has 0 fully saturated rings. The molecule has 1 aliphatic rings. The molecule has 2 aromatic rings. The van der Waals surface area contributed by atoms with Crippen molar-refractivity contribution in [2.24, 2.45) is 10.5 Å². The van der Waals surface area contributed by atoms with Gasteiger partial charge in [0.15, 0.2) is 0 Å². The molecule has 3 rings (SSSR count). The second-order valence-corrected chi connectivity index (χ2v) is 7.76. The van der Waals surface area contributed by atoms with E-state index in [0.717, 1.165) is 5.56 Å². The highest BCUT2D eigenvalue weighted by atomic mass is 35.5. The number of benzene rings is 2. The first-order valence-electron chi connectivity index (χ1n) is 8.70. The average molecular weight is 401 g/mol. The van der Waals surface area contributed by atoms with Crippen molar-refractivity contribution in [3.8, 4) is 5.75 Å². The van der Waals surface area contributed by atoms with Crippen LogP contribution in [0, 0.1) is 12.3 Å². The van der Waals surface area contributed by atoms with Gasteiger partial charge in [-0.15, -0.1) is 0 Å². The number of aryl methyl sites for hydroxylation is 1. The van der Waals surface area contributed by atoms with E-state index in [2.05, 4.69) is 21.2 Å². The van der Waals surface area contributed by atoms with Crippen LogP contribution < -0.4 is 16.1 Å². The molecule has 7 nitrogen and oxygen atoms in total. The molecule has 2 aromatic carbocycles. The SMILES string of the molecule is Cc1cc(Cl)ccc1NC(=O)Nc1ccc(O)c(C2=NNC(=O)CC2(C)C)c1. The maximum Gasteiger partial charge on any atom is 0.323 e. The summed E-state index contributed by atoms with van der Waals surface area (Å²) in [6, 6.07) is 9.44. The molecule has 1 heterocycles. The summed E-state index contributed by atoms with van der Waals surface area (Å²) >= 11 is 5.93. The van der Waals surface area contributed by atoms with Crippen LogP contribution in [-0.4, -0.2) is 22.8 Å². The Kier molecular flexibility index (Phi) is 5.29. The number of hydrogen-bond acceptors (Lipinski definition) is 4. The van der Waals surface area contributed by atoms with Crippen molar-refractivity contribution in [2.75, 3.05) is 10.6 Å². The van der Waals surface area contributed by atoms with E-state index in [1.54, 1.807) is 30.3 Å². The fourth-order valence-electron chi connectivity index (χ4n) is 3.07. The van der Waals surface area contributed by atoms with E-state index in [1.807, 2.05) is 20.8 Å². The van der Waals surface area contributed by atoms with Crippen molar-refractivity contribution in [2.45, 2.75) is 27.2 Å². The third-order valence-electron chi connectivity index (χ3n) is 4.48. The molecule has 0 spiro atoms. The lowest BCUT2D eigenvalue weighted by atomic mass is 9.79. The van der Waals surface area contributed by atoms with E-state index in [9.17, 15) is 14.7 Å². The summed E-state index contributed by atoms with van der Waals surface area (Å²) in [6.45, 7) is 5.60. The average Bonchev–Trinajstić information content (AvgIpc) is 2.59. The summed E-state index contributed by atoms with van der Waals surface area (Å²) in [6.07, 6.45) is 0.249. The molecule has 0 atom stereocenters. The van der Waals surface area contributed by atoms with Crippen LogP contribution in [0.2, 0.25) is 5.02 Å². The summed E-state index contributed by atoms with van der Waals surface area (Å²) < 4.78 is 0. The van der Waals surface area contributed by atoms with Crippen LogP contribution in [0.3, 0.4) is 0 Å². The Morgan fingerprint density at radius 2 is 1.96 bits per heavy atom. The van der Waals surface area contributed by atoms with Crippen LogP contribution >= 0.6 is 11.6 Å². The molecule has 8 heteroatoms. The Bertz CT molecular complexity index is 985. The van der Waals surface area contributed by atoms with Crippen molar-refractivity contribution >= 4 is 40.6 Å². The van der Waals surface area contributed by atoms with Gasteiger partial charge < -0.3 is 15.7 Å². The molecule has 0 saturated heterocycles. The number of hydrogen-bond donors (Lipinski definition) is 4. The highest BCUT2D eigenvalue weighted by Crippen LogP contribution is 2.34. The summed E-state index contributed by atoms with van der Waals surface area (Å²) in [4.78, 5) is 24.0. The molecule has 0 unspecified atom stereocenters. The number of nitrogens with one attached hydrogen (secondary N) is 3. The van der Waals surface area contributed by atoms with Gasteiger partial charge in [-0.3, -0.25) is 4.79 Å². The quantitative estimate of drug-likeness (QED) is 0.579. The first kappa shape index (κ1) is 19.7. The smallest absolute Gasteiger partial charge is 0.323 e. The first-order chi connectivity index (χ1) is 13.2. The third-order valence-corrected chi connectivity index (χ3v) is 4.72. The van der Waals surface area contributed by atoms with Crippen LogP contribution in [-0.2, 0) is 4.79 Å². The molecular weight excluding hydrogens is 380 g/mol. The Hall–Kier alpha value is -3.06. The number of phenolic OH excluding ortho intramolecular Hbond substituents is 1. The number of anilines is 2. The Balaban J connectivity index is 1.81. The van der Waals surface area contributed by atoms with Crippen LogP contribution in [0.15, 0.2) is 41.5 Å². The monoisotopic (exact) mass is 400 g/mol. The maximum absolute atomic E-state index is 12.4. The predicted molar refractivity (Wildman–Crippen MR) is 110 cm³/mol. The van der Waals surface area contributed by atoms with E-state index in [0.29, 0.717) is 27.7 Å².